The Kier molecular flexibility index (Phi) is 3.88. The van der Waals surface area contributed by atoms with E-state index in [1.165, 1.54) is 10.6 Å². The number of rotatable bonds is 3. The van der Waals surface area contributed by atoms with Crippen LogP contribution in [0.25, 0.3) is 5.65 Å². The summed E-state index contributed by atoms with van der Waals surface area (Å²) in [5, 5.41) is 2.88. The van der Waals surface area contributed by atoms with Crippen LogP contribution in [0.15, 0.2) is 30.6 Å². The van der Waals surface area contributed by atoms with Gasteiger partial charge < -0.3 is 9.72 Å². The van der Waals surface area contributed by atoms with Crippen LogP contribution in [-0.4, -0.2) is 53.4 Å². The van der Waals surface area contributed by atoms with Gasteiger partial charge in [-0.05, 0) is 25.0 Å². The average molecular weight is 322 g/mol. The number of aromatic nitrogens is 2. The van der Waals surface area contributed by atoms with Crippen molar-refractivity contribution in [2.24, 2.45) is 0 Å². The van der Waals surface area contributed by atoms with Crippen LogP contribution in [0.2, 0.25) is 0 Å². The first kappa shape index (κ1) is 15.0. The number of sulfonamides is 1. The first-order valence-corrected chi connectivity index (χ1v) is 8.98. The lowest BCUT2D eigenvalue weighted by atomic mass is 10.1. The molecular weight excluding hydrogens is 304 g/mol. The number of amides is 1. The topological polar surface area (TPSA) is 83.8 Å². The van der Waals surface area contributed by atoms with Crippen molar-refractivity contribution in [1.82, 2.24) is 19.0 Å². The number of carbonyl (C=O) groups excluding carboxylic acids is 1. The third kappa shape index (κ3) is 3.12. The average Bonchev–Trinajstić information content (AvgIpc) is 2.90. The second kappa shape index (κ2) is 5.69. The molecule has 1 atom stereocenters. The molecule has 22 heavy (non-hydrogen) atoms. The highest BCUT2D eigenvalue weighted by Crippen LogP contribution is 2.14. The van der Waals surface area contributed by atoms with E-state index < -0.39 is 10.0 Å². The minimum Gasteiger partial charge on any atom is -0.347 e. The number of nitrogens with zero attached hydrogens (tertiary/aromatic N) is 3. The summed E-state index contributed by atoms with van der Waals surface area (Å²) in [6.07, 6.45) is 6.20. The molecule has 1 N–H and O–H groups in total. The van der Waals surface area contributed by atoms with Crippen molar-refractivity contribution < 1.29 is 13.2 Å². The third-order valence-electron chi connectivity index (χ3n) is 3.78. The number of fused-ring (bicyclic) bond motifs is 1. The van der Waals surface area contributed by atoms with Gasteiger partial charge in [0, 0.05) is 31.5 Å². The number of nitrogens with one attached hydrogen (secondary N) is 1. The Morgan fingerprint density at radius 2 is 2.23 bits per heavy atom. The van der Waals surface area contributed by atoms with Gasteiger partial charge in [0.25, 0.3) is 5.91 Å². The van der Waals surface area contributed by atoms with Crippen molar-refractivity contribution in [3.05, 3.63) is 36.3 Å². The Morgan fingerprint density at radius 3 is 2.95 bits per heavy atom. The molecule has 1 aliphatic heterocycles. The largest absolute Gasteiger partial charge is 0.347 e. The van der Waals surface area contributed by atoms with Crippen LogP contribution in [0, 0.1) is 0 Å². The lowest BCUT2D eigenvalue weighted by Gasteiger charge is -2.31. The number of pyridine rings is 1. The molecule has 118 valence electrons. The fourth-order valence-corrected chi connectivity index (χ4v) is 3.58. The summed E-state index contributed by atoms with van der Waals surface area (Å²) >= 11 is 0. The summed E-state index contributed by atoms with van der Waals surface area (Å²) in [7, 11) is -3.22. The zero-order valence-electron chi connectivity index (χ0n) is 12.3. The zero-order chi connectivity index (χ0) is 15.7. The fourth-order valence-electron chi connectivity index (χ4n) is 2.66. The van der Waals surface area contributed by atoms with Crippen LogP contribution in [0.4, 0.5) is 0 Å². The molecule has 1 aliphatic rings. The van der Waals surface area contributed by atoms with E-state index in [1.54, 1.807) is 10.6 Å². The van der Waals surface area contributed by atoms with E-state index in [0.717, 1.165) is 12.8 Å². The van der Waals surface area contributed by atoms with Crippen molar-refractivity contribution >= 4 is 21.6 Å². The molecule has 3 rings (SSSR count). The molecule has 0 aliphatic carbocycles. The second-order valence-corrected chi connectivity index (χ2v) is 7.51. The molecule has 3 heterocycles. The van der Waals surface area contributed by atoms with E-state index >= 15 is 0 Å². The van der Waals surface area contributed by atoms with E-state index in [-0.39, 0.29) is 11.9 Å². The number of hydrogen-bond acceptors (Lipinski definition) is 4. The Morgan fingerprint density at radius 1 is 1.41 bits per heavy atom. The van der Waals surface area contributed by atoms with Gasteiger partial charge >= 0.3 is 0 Å². The van der Waals surface area contributed by atoms with Crippen LogP contribution in [0.3, 0.4) is 0 Å². The smallest absolute Gasteiger partial charge is 0.271 e. The monoisotopic (exact) mass is 322 g/mol. The molecule has 0 saturated carbocycles. The van der Waals surface area contributed by atoms with Crippen molar-refractivity contribution in [2.75, 3.05) is 19.3 Å². The summed E-state index contributed by atoms with van der Waals surface area (Å²) in [4.78, 5) is 16.5. The molecule has 8 heteroatoms. The molecule has 1 unspecified atom stereocenters. The van der Waals surface area contributed by atoms with Crippen LogP contribution < -0.4 is 5.32 Å². The predicted octanol–water partition coefficient (Wildman–Crippen LogP) is 0.488. The molecule has 1 saturated heterocycles. The number of imidazole rings is 1. The van der Waals surface area contributed by atoms with E-state index in [0.29, 0.717) is 24.4 Å². The van der Waals surface area contributed by atoms with E-state index in [9.17, 15) is 13.2 Å². The van der Waals surface area contributed by atoms with E-state index in [4.69, 9.17) is 0 Å². The Labute approximate surface area is 129 Å². The van der Waals surface area contributed by atoms with E-state index in [1.807, 2.05) is 24.4 Å². The highest BCUT2D eigenvalue weighted by atomic mass is 32.2. The van der Waals surface area contributed by atoms with Crippen molar-refractivity contribution in [3.63, 3.8) is 0 Å². The normalized spacial score (nSPS) is 20.1. The second-order valence-electron chi connectivity index (χ2n) is 5.53. The predicted molar refractivity (Wildman–Crippen MR) is 82.1 cm³/mol. The SMILES string of the molecule is CS(=O)(=O)N1CCCC(NC(=O)c2cn3ccccc3n2)C1. The number of piperidine rings is 1. The Balaban J connectivity index is 1.71. The van der Waals surface area contributed by atoms with Gasteiger partial charge in [0.05, 0.1) is 6.26 Å². The van der Waals surface area contributed by atoms with Crippen LogP contribution in [-0.2, 0) is 10.0 Å². The van der Waals surface area contributed by atoms with Gasteiger partial charge in [-0.3, -0.25) is 4.79 Å². The molecule has 0 aromatic carbocycles. The number of carbonyl (C=O) groups is 1. The molecule has 2 aromatic heterocycles. The standard InChI is InChI=1S/C14H18N4O3S/c1-22(20,21)18-8-4-5-11(9-18)15-14(19)12-10-17-7-3-2-6-13(17)16-12/h2-3,6-7,10-11H,4-5,8-9H2,1H3,(H,15,19). The van der Waals surface area contributed by atoms with Gasteiger partial charge in [-0.2, -0.15) is 0 Å². The highest BCUT2D eigenvalue weighted by Gasteiger charge is 2.27. The molecule has 0 spiro atoms. The molecular formula is C14H18N4O3S. The first-order valence-electron chi connectivity index (χ1n) is 7.13. The summed E-state index contributed by atoms with van der Waals surface area (Å²) in [5.41, 5.74) is 1.04. The molecule has 0 radical (unpaired) electrons. The zero-order valence-corrected chi connectivity index (χ0v) is 13.1. The third-order valence-corrected chi connectivity index (χ3v) is 5.05. The highest BCUT2D eigenvalue weighted by molar-refractivity contribution is 7.88. The molecule has 1 amide bonds. The molecule has 7 nitrogen and oxygen atoms in total. The lowest BCUT2D eigenvalue weighted by Crippen LogP contribution is -2.49. The maximum atomic E-state index is 12.3. The Hall–Kier alpha value is -1.93. The van der Waals surface area contributed by atoms with Crippen molar-refractivity contribution in [1.29, 1.82) is 0 Å². The minimum absolute atomic E-state index is 0.180. The van der Waals surface area contributed by atoms with Gasteiger partial charge in [0.2, 0.25) is 10.0 Å². The maximum Gasteiger partial charge on any atom is 0.271 e. The van der Waals surface area contributed by atoms with Crippen LogP contribution >= 0.6 is 0 Å². The van der Waals surface area contributed by atoms with Crippen LogP contribution in [0.5, 0.6) is 0 Å². The van der Waals surface area contributed by atoms with Gasteiger partial charge in [0.1, 0.15) is 11.3 Å². The molecule has 0 bridgehead atoms. The minimum atomic E-state index is -3.22. The fraction of sp³-hybridized carbons (Fsp3) is 0.429. The summed E-state index contributed by atoms with van der Waals surface area (Å²) < 4.78 is 26.4. The van der Waals surface area contributed by atoms with Gasteiger partial charge in [-0.1, -0.05) is 6.07 Å². The first-order chi connectivity index (χ1) is 10.4. The maximum absolute atomic E-state index is 12.3. The lowest BCUT2D eigenvalue weighted by molar-refractivity contribution is 0.0917. The quantitative estimate of drug-likeness (QED) is 0.891. The number of hydrogen-bond donors (Lipinski definition) is 1. The van der Waals surface area contributed by atoms with Gasteiger partial charge in [-0.15, -0.1) is 0 Å². The van der Waals surface area contributed by atoms with Gasteiger partial charge in [0.15, 0.2) is 0 Å². The van der Waals surface area contributed by atoms with Crippen molar-refractivity contribution in [2.45, 2.75) is 18.9 Å². The van der Waals surface area contributed by atoms with Crippen LogP contribution in [0.1, 0.15) is 23.3 Å². The molecule has 1 fully saturated rings. The van der Waals surface area contributed by atoms with E-state index in [2.05, 4.69) is 10.3 Å². The van der Waals surface area contributed by atoms with Crippen molar-refractivity contribution in [3.8, 4) is 0 Å². The van der Waals surface area contributed by atoms with Gasteiger partial charge in [-0.25, -0.2) is 17.7 Å². The molecule has 2 aromatic rings. The summed E-state index contributed by atoms with van der Waals surface area (Å²) in [5.74, 6) is -0.274. The Bertz CT molecular complexity index is 766. The summed E-state index contributed by atoms with van der Waals surface area (Å²) in [6.45, 7) is 0.831. The summed E-state index contributed by atoms with van der Waals surface area (Å²) in [6, 6.07) is 5.36.